The van der Waals surface area contributed by atoms with Crippen LogP contribution in [-0.4, -0.2) is 40.4 Å². The fourth-order valence-electron chi connectivity index (χ4n) is 7.29. The third-order valence-corrected chi connectivity index (χ3v) is 21.5. The van der Waals surface area contributed by atoms with Crippen LogP contribution in [0.5, 0.6) is 11.5 Å². The molecule has 0 bridgehead atoms. The highest BCUT2D eigenvalue weighted by Crippen LogP contribution is 2.48. The van der Waals surface area contributed by atoms with E-state index in [4.69, 9.17) is 13.6 Å². The van der Waals surface area contributed by atoms with Crippen LogP contribution in [0.15, 0.2) is 18.7 Å². The van der Waals surface area contributed by atoms with E-state index in [1.54, 1.807) is 6.08 Å². The second kappa shape index (κ2) is 15.2. The number of hydrogen-bond donors (Lipinski definition) is 1. The molecular weight excluding hydrogens is 545 g/mol. The van der Waals surface area contributed by atoms with E-state index in [9.17, 15) is 9.90 Å². The maximum Gasteiger partial charge on any atom is 0.342 e. The van der Waals surface area contributed by atoms with Gasteiger partial charge in [0, 0.05) is 12.5 Å². The average Bonchev–Trinajstić information content (AvgIpc) is 2.85. The third kappa shape index (κ3) is 7.69. The minimum absolute atomic E-state index is 0.149. The van der Waals surface area contributed by atoms with Gasteiger partial charge in [0.15, 0.2) is 0 Å². The molecule has 7 heteroatoms. The molecule has 1 aromatic rings. The number of carbonyl (C=O) groups excluding carboxylic acids is 1. The monoisotopic (exact) mass is 606 g/mol. The van der Waals surface area contributed by atoms with Crippen LogP contribution < -0.4 is 8.85 Å². The Labute approximate surface area is 254 Å². The number of ether oxygens (including phenoxy) is 1. The van der Waals surface area contributed by atoms with E-state index in [1.807, 2.05) is 26.8 Å². The van der Waals surface area contributed by atoms with Crippen molar-refractivity contribution in [2.24, 2.45) is 5.92 Å². The fourth-order valence-corrected chi connectivity index (χ4v) is 17.8. The van der Waals surface area contributed by atoms with Crippen molar-refractivity contribution >= 4 is 22.6 Å². The first-order valence-electron chi connectivity index (χ1n) is 15.9. The molecule has 0 aliphatic heterocycles. The van der Waals surface area contributed by atoms with Gasteiger partial charge in [-0.2, -0.15) is 0 Å². The highest BCUT2D eigenvalue weighted by Gasteiger charge is 2.49. The van der Waals surface area contributed by atoms with E-state index in [2.05, 4.69) is 89.7 Å². The first-order chi connectivity index (χ1) is 18.9. The number of rotatable bonds is 16. The van der Waals surface area contributed by atoms with Crippen molar-refractivity contribution in [3.8, 4) is 11.5 Å². The molecule has 0 spiro atoms. The van der Waals surface area contributed by atoms with Crippen LogP contribution in [0.4, 0.5) is 0 Å². The number of aliphatic hydroxyl groups is 1. The van der Waals surface area contributed by atoms with Gasteiger partial charge >= 0.3 is 5.97 Å². The van der Waals surface area contributed by atoms with Crippen molar-refractivity contribution in [2.45, 2.75) is 150 Å². The zero-order chi connectivity index (χ0) is 32.0. The van der Waals surface area contributed by atoms with Crippen molar-refractivity contribution in [1.29, 1.82) is 0 Å². The minimum Gasteiger partial charge on any atom is -0.542 e. The molecular formula is C34H62O5Si2. The lowest BCUT2D eigenvalue weighted by molar-refractivity contribution is 0.0521. The maximum absolute atomic E-state index is 13.8. The minimum atomic E-state index is -2.46. The van der Waals surface area contributed by atoms with Gasteiger partial charge in [-0.05, 0) is 64.1 Å². The zero-order valence-electron chi connectivity index (χ0n) is 29.0. The number of esters is 1. The molecule has 5 nitrogen and oxygen atoms in total. The van der Waals surface area contributed by atoms with Crippen molar-refractivity contribution in [2.75, 3.05) is 6.61 Å². The second-order valence-corrected chi connectivity index (χ2v) is 24.5. The molecule has 0 saturated carbocycles. The van der Waals surface area contributed by atoms with Crippen LogP contribution in [-0.2, 0) is 11.2 Å². The van der Waals surface area contributed by atoms with Gasteiger partial charge in [0.2, 0.25) is 0 Å². The summed E-state index contributed by atoms with van der Waals surface area (Å²) in [5, 5.41) is 11.2. The van der Waals surface area contributed by atoms with Crippen LogP contribution in [0.2, 0.25) is 33.2 Å². The Kier molecular flexibility index (Phi) is 13.9. The standard InChI is InChI=1S/C34H62O5Si2/c1-17-27(15)30(35)19-29-28(16)31(38-40(21(3)4,22(5)6)23(7)8)20-32(33(29)34(36)37-18-2)39-41(24(9)10,25(11)12)26(13)14/h17,20-27,30,35H,1,18-19H2,2-16H3/t27-,30-/m1/s1. The topological polar surface area (TPSA) is 65.0 Å². The van der Waals surface area contributed by atoms with Crippen molar-refractivity contribution in [3.05, 3.63) is 35.4 Å². The van der Waals surface area contributed by atoms with Crippen LogP contribution in [0.1, 0.15) is 118 Å². The van der Waals surface area contributed by atoms with Crippen LogP contribution in [0, 0.1) is 12.8 Å². The summed E-state index contributed by atoms with van der Waals surface area (Å²) in [7, 11) is -4.79. The smallest absolute Gasteiger partial charge is 0.342 e. The van der Waals surface area contributed by atoms with E-state index in [0.717, 1.165) is 16.9 Å². The Hall–Kier alpha value is -1.58. The third-order valence-electron chi connectivity index (χ3n) is 9.49. The summed E-state index contributed by atoms with van der Waals surface area (Å²) in [6, 6.07) is 1.98. The average molecular weight is 607 g/mol. The maximum atomic E-state index is 13.8. The van der Waals surface area contributed by atoms with Crippen molar-refractivity contribution in [3.63, 3.8) is 0 Å². The second-order valence-electron chi connectivity index (χ2n) is 13.8. The van der Waals surface area contributed by atoms with Crippen LogP contribution >= 0.6 is 0 Å². The van der Waals surface area contributed by atoms with Gasteiger partial charge in [0.05, 0.1) is 12.7 Å². The van der Waals surface area contributed by atoms with Gasteiger partial charge in [-0.15, -0.1) is 6.58 Å². The van der Waals surface area contributed by atoms with E-state index < -0.39 is 28.7 Å². The van der Waals surface area contributed by atoms with Crippen molar-refractivity contribution < 1.29 is 23.5 Å². The molecule has 0 heterocycles. The predicted octanol–water partition coefficient (Wildman–Crippen LogP) is 10.0. The summed E-state index contributed by atoms with van der Waals surface area (Å²) in [4.78, 5) is 13.8. The van der Waals surface area contributed by atoms with E-state index in [0.29, 0.717) is 44.6 Å². The summed E-state index contributed by atoms with van der Waals surface area (Å²) in [5.74, 6) is 0.747. The summed E-state index contributed by atoms with van der Waals surface area (Å²) < 4.78 is 20.2. The zero-order valence-corrected chi connectivity index (χ0v) is 31.0. The Morgan fingerprint density at radius 3 is 1.54 bits per heavy atom. The van der Waals surface area contributed by atoms with Gasteiger partial charge in [0.1, 0.15) is 17.1 Å². The highest BCUT2D eigenvalue weighted by atomic mass is 28.4. The molecule has 236 valence electrons. The lowest BCUT2D eigenvalue weighted by Crippen LogP contribution is -2.51. The first kappa shape index (κ1) is 37.4. The molecule has 0 fully saturated rings. The molecule has 0 aliphatic rings. The number of carbonyl (C=O) groups is 1. The Balaban J connectivity index is 4.28. The number of hydrogen-bond acceptors (Lipinski definition) is 5. The Morgan fingerprint density at radius 2 is 1.20 bits per heavy atom. The van der Waals surface area contributed by atoms with Gasteiger partial charge < -0.3 is 18.7 Å². The quantitative estimate of drug-likeness (QED) is 0.115. The lowest BCUT2D eigenvalue weighted by atomic mass is 9.91. The molecule has 41 heavy (non-hydrogen) atoms. The SMILES string of the molecule is C=C[C@@H](C)[C@H](O)Cc1c(C)c(O[Si](C(C)C)(C(C)C)C(C)C)cc(O[Si](C(C)C)(C(C)C)C(C)C)c1C(=O)OCC. The summed E-state index contributed by atoms with van der Waals surface area (Å²) in [6.45, 7) is 37.0. The van der Waals surface area contributed by atoms with Crippen LogP contribution in [0.25, 0.3) is 0 Å². The summed E-state index contributed by atoms with van der Waals surface area (Å²) in [6.07, 6.45) is 1.32. The molecule has 2 atom stereocenters. The lowest BCUT2D eigenvalue weighted by Gasteiger charge is -2.44. The molecule has 0 aromatic heterocycles. The molecule has 0 amide bonds. The van der Waals surface area contributed by atoms with Gasteiger partial charge in [0.25, 0.3) is 16.6 Å². The molecule has 1 N–H and O–H groups in total. The highest BCUT2D eigenvalue weighted by molar-refractivity contribution is 6.79. The number of benzene rings is 1. The van der Waals surface area contributed by atoms with E-state index in [1.165, 1.54) is 0 Å². The number of aliphatic hydroxyl groups excluding tert-OH is 1. The fraction of sp³-hybridized carbons (Fsp3) is 0.735. The first-order valence-corrected chi connectivity index (χ1v) is 20.2. The Bertz CT molecular complexity index is 969. The summed E-state index contributed by atoms with van der Waals surface area (Å²) in [5.41, 5.74) is 4.12. The molecule has 0 radical (unpaired) electrons. The van der Waals surface area contributed by atoms with Gasteiger partial charge in [-0.1, -0.05) is 96.1 Å². The largest absolute Gasteiger partial charge is 0.542 e. The predicted molar refractivity (Wildman–Crippen MR) is 180 cm³/mol. The molecule has 1 aromatic carbocycles. The Morgan fingerprint density at radius 1 is 0.805 bits per heavy atom. The normalized spacial score (nSPS) is 14.4. The van der Waals surface area contributed by atoms with Crippen molar-refractivity contribution in [1.82, 2.24) is 0 Å². The van der Waals surface area contributed by atoms with Gasteiger partial charge in [-0.25, -0.2) is 4.79 Å². The van der Waals surface area contributed by atoms with E-state index in [-0.39, 0.29) is 18.9 Å². The summed E-state index contributed by atoms with van der Waals surface area (Å²) >= 11 is 0. The molecule has 0 aliphatic carbocycles. The van der Waals surface area contributed by atoms with E-state index >= 15 is 0 Å². The molecule has 0 saturated heterocycles. The molecule has 1 rings (SSSR count). The van der Waals surface area contributed by atoms with Gasteiger partial charge in [-0.3, -0.25) is 0 Å². The van der Waals surface area contributed by atoms with Crippen LogP contribution in [0.3, 0.4) is 0 Å². The molecule has 0 unspecified atom stereocenters.